The van der Waals surface area contributed by atoms with Gasteiger partial charge in [-0.15, -0.1) is 0 Å². The molecule has 7 heteroatoms. The number of hydrogen-bond acceptors (Lipinski definition) is 4. The van der Waals surface area contributed by atoms with Crippen LogP contribution in [0.1, 0.15) is 32.3 Å². The molecule has 4 amide bonds. The van der Waals surface area contributed by atoms with E-state index in [0.717, 1.165) is 40.4 Å². The molecule has 2 aliphatic rings. The molecule has 0 aromatic heterocycles. The molecule has 0 aliphatic carbocycles. The van der Waals surface area contributed by atoms with Crippen molar-refractivity contribution in [3.8, 4) is 0 Å². The highest BCUT2D eigenvalue weighted by Gasteiger charge is 2.49. The molecule has 1 atom stereocenters. The van der Waals surface area contributed by atoms with Gasteiger partial charge in [0.1, 0.15) is 12.1 Å². The third kappa shape index (κ3) is 4.46. The summed E-state index contributed by atoms with van der Waals surface area (Å²) in [7, 11) is 0. The molecule has 0 bridgehead atoms. The van der Waals surface area contributed by atoms with Crippen LogP contribution in [0.2, 0.25) is 0 Å². The first-order chi connectivity index (χ1) is 16.8. The van der Waals surface area contributed by atoms with Crippen LogP contribution >= 0.6 is 0 Å². The molecule has 0 unspecified atom stereocenters. The predicted octanol–water partition coefficient (Wildman–Crippen LogP) is 4.48. The Bertz CT molecular complexity index is 1280. The van der Waals surface area contributed by atoms with Crippen LogP contribution < -0.4 is 15.5 Å². The van der Waals surface area contributed by atoms with Gasteiger partial charge in [0.25, 0.3) is 5.91 Å². The number of imide groups is 1. The van der Waals surface area contributed by atoms with E-state index in [4.69, 9.17) is 0 Å². The highest BCUT2D eigenvalue weighted by Crippen LogP contribution is 2.31. The number of nitrogens with one attached hydrogen (secondary N) is 2. The number of anilines is 2. The van der Waals surface area contributed by atoms with Gasteiger partial charge in [0.05, 0.1) is 0 Å². The minimum atomic E-state index is -1.23. The summed E-state index contributed by atoms with van der Waals surface area (Å²) in [6.45, 7) is 5.69. The van der Waals surface area contributed by atoms with E-state index in [1.54, 1.807) is 6.92 Å². The van der Waals surface area contributed by atoms with Gasteiger partial charge in [-0.3, -0.25) is 14.5 Å². The van der Waals surface area contributed by atoms with E-state index in [-0.39, 0.29) is 6.54 Å². The molecule has 0 spiro atoms. The third-order valence-electron chi connectivity index (χ3n) is 7.20. The lowest BCUT2D eigenvalue weighted by Gasteiger charge is -2.32. The second-order valence-corrected chi connectivity index (χ2v) is 9.77. The highest BCUT2D eigenvalue weighted by atomic mass is 16.2. The minimum Gasteiger partial charge on any atom is -0.372 e. The van der Waals surface area contributed by atoms with Crippen molar-refractivity contribution in [3.63, 3.8) is 0 Å². The smallest absolute Gasteiger partial charge is 0.325 e. The Morgan fingerprint density at radius 1 is 1.00 bits per heavy atom. The van der Waals surface area contributed by atoms with E-state index in [1.807, 2.05) is 66.7 Å². The summed E-state index contributed by atoms with van der Waals surface area (Å²) in [5.74, 6) is -0.100. The number of nitrogens with zero attached hydrogens (tertiary/aromatic N) is 2. The Labute approximate surface area is 205 Å². The lowest BCUT2D eigenvalue weighted by molar-refractivity contribution is -0.133. The molecule has 35 heavy (non-hydrogen) atoms. The topological polar surface area (TPSA) is 81.8 Å². The van der Waals surface area contributed by atoms with E-state index >= 15 is 0 Å². The molecular weight excluding hydrogens is 440 g/mol. The Balaban J connectivity index is 1.24. The molecule has 3 aromatic rings. The van der Waals surface area contributed by atoms with E-state index in [2.05, 4.69) is 22.5 Å². The molecule has 3 aromatic carbocycles. The number of hydrogen-bond donors (Lipinski definition) is 2. The molecule has 7 nitrogen and oxygen atoms in total. The Hall–Kier alpha value is -3.87. The number of carbonyl (C=O) groups excluding carboxylic acids is 3. The largest absolute Gasteiger partial charge is 0.372 e. The number of urea groups is 1. The van der Waals surface area contributed by atoms with Gasteiger partial charge in [-0.05, 0) is 72.4 Å². The summed E-state index contributed by atoms with van der Waals surface area (Å²) in [6.07, 6.45) is 2.37. The lowest BCUT2D eigenvalue weighted by atomic mass is 9.90. The SMILES string of the molecule is CC1CCN(c2ccc(NC(=O)CN3C(=O)N[C@](C)(c4ccc5ccccc5c4)C3=O)cc2)CC1. The first kappa shape index (κ1) is 22.9. The zero-order valence-electron chi connectivity index (χ0n) is 20.1. The lowest BCUT2D eigenvalue weighted by Crippen LogP contribution is -2.42. The maximum Gasteiger partial charge on any atom is 0.325 e. The summed E-state index contributed by atoms with van der Waals surface area (Å²) in [6, 6.07) is 20.6. The molecule has 2 saturated heterocycles. The van der Waals surface area contributed by atoms with Gasteiger partial charge in [0, 0.05) is 24.5 Å². The molecule has 2 fully saturated rings. The average Bonchev–Trinajstić information content (AvgIpc) is 3.08. The van der Waals surface area contributed by atoms with Crippen LogP contribution in [0.25, 0.3) is 10.8 Å². The summed E-state index contributed by atoms with van der Waals surface area (Å²) in [5.41, 5.74) is 1.22. The maximum absolute atomic E-state index is 13.3. The number of benzene rings is 3. The third-order valence-corrected chi connectivity index (χ3v) is 7.20. The number of rotatable bonds is 5. The van der Waals surface area contributed by atoms with Crippen LogP contribution in [-0.4, -0.2) is 42.4 Å². The zero-order chi connectivity index (χ0) is 24.6. The van der Waals surface area contributed by atoms with Crippen molar-refractivity contribution >= 4 is 40.0 Å². The fourth-order valence-corrected chi connectivity index (χ4v) is 4.90. The summed E-state index contributed by atoms with van der Waals surface area (Å²) >= 11 is 0. The van der Waals surface area contributed by atoms with Gasteiger partial charge >= 0.3 is 6.03 Å². The Morgan fingerprint density at radius 3 is 2.40 bits per heavy atom. The molecule has 5 rings (SSSR count). The van der Waals surface area contributed by atoms with Crippen molar-refractivity contribution in [2.75, 3.05) is 29.9 Å². The van der Waals surface area contributed by atoms with E-state index in [1.165, 1.54) is 12.8 Å². The van der Waals surface area contributed by atoms with E-state index in [0.29, 0.717) is 11.3 Å². The van der Waals surface area contributed by atoms with Crippen LogP contribution in [0, 0.1) is 5.92 Å². The second-order valence-electron chi connectivity index (χ2n) is 9.77. The van der Waals surface area contributed by atoms with Crippen molar-refractivity contribution in [2.24, 2.45) is 5.92 Å². The van der Waals surface area contributed by atoms with Crippen molar-refractivity contribution in [1.82, 2.24) is 10.2 Å². The maximum atomic E-state index is 13.3. The van der Waals surface area contributed by atoms with E-state index < -0.39 is 23.4 Å². The standard InChI is InChI=1S/C28H30N4O3/c1-19-13-15-31(16-14-19)24-11-9-23(10-12-24)29-25(33)18-32-26(34)28(2,30-27(32)35)22-8-7-20-5-3-4-6-21(20)17-22/h3-12,17,19H,13-16,18H2,1-2H3,(H,29,33)(H,30,35)/t28-/m1/s1. The van der Waals surface area contributed by atoms with Gasteiger partial charge in [-0.25, -0.2) is 4.79 Å². The quantitative estimate of drug-likeness (QED) is 0.539. The molecule has 2 N–H and O–H groups in total. The number of piperidine rings is 1. The fraction of sp³-hybridized carbons (Fsp3) is 0.321. The van der Waals surface area contributed by atoms with Crippen molar-refractivity contribution in [3.05, 3.63) is 72.3 Å². The van der Waals surface area contributed by atoms with Crippen molar-refractivity contribution < 1.29 is 14.4 Å². The second kappa shape index (κ2) is 9.06. The number of amides is 4. The summed E-state index contributed by atoms with van der Waals surface area (Å²) in [4.78, 5) is 42.0. The van der Waals surface area contributed by atoms with Crippen LogP contribution in [-0.2, 0) is 15.1 Å². The summed E-state index contributed by atoms with van der Waals surface area (Å²) in [5, 5.41) is 7.61. The van der Waals surface area contributed by atoms with Gasteiger partial charge in [0.2, 0.25) is 5.91 Å². The Morgan fingerprint density at radius 2 is 1.69 bits per heavy atom. The van der Waals surface area contributed by atoms with Gasteiger partial charge in [-0.2, -0.15) is 0 Å². The minimum absolute atomic E-state index is 0.348. The normalized spacial score (nSPS) is 20.9. The highest BCUT2D eigenvalue weighted by molar-refractivity contribution is 6.10. The average molecular weight is 471 g/mol. The first-order valence-corrected chi connectivity index (χ1v) is 12.1. The monoisotopic (exact) mass is 470 g/mol. The predicted molar refractivity (Wildman–Crippen MR) is 137 cm³/mol. The number of carbonyl (C=O) groups is 3. The molecule has 0 saturated carbocycles. The zero-order valence-corrected chi connectivity index (χ0v) is 20.1. The van der Waals surface area contributed by atoms with Crippen LogP contribution in [0.4, 0.5) is 16.2 Å². The van der Waals surface area contributed by atoms with Gasteiger partial charge in [-0.1, -0.05) is 43.3 Å². The molecule has 2 aliphatic heterocycles. The molecule has 0 radical (unpaired) electrons. The van der Waals surface area contributed by atoms with Gasteiger partial charge in [0.15, 0.2) is 0 Å². The molecular formula is C28H30N4O3. The molecule has 2 heterocycles. The Kier molecular flexibility index (Phi) is 5.93. The van der Waals surface area contributed by atoms with E-state index in [9.17, 15) is 14.4 Å². The van der Waals surface area contributed by atoms with Crippen molar-refractivity contribution in [2.45, 2.75) is 32.2 Å². The first-order valence-electron chi connectivity index (χ1n) is 12.1. The van der Waals surface area contributed by atoms with Crippen LogP contribution in [0.15, 0.2) is 66.7 Å². The van der Waals surface area contributed by atoms with Gasteiger partial charge < -0.3 is 15.5 Å². The molecule has 180 valence electrons. The number of fused-ring (bicyclic) bond motifs is 1. The van der Waals surface area contributed by atoms with Crippen LogP contribution in [0.5, 0.6) is 0 Å². The summed E-state index contributed by atoms with van der Waals surface area (Å²) < 4.78 is 0. The van der Waals surface area contributed by atoms with Crippen LogP contribution in [0.3, 0.4) is 0 Å². The van der Waals surface area contributed by atoms with Crippen molar-refractivity contribution in [1.29, 1.82) is 0 Å². The fourth-order valence-electron chi connectivity index (χ4n) is 4.90.